The summed E-state index contributed by atoms with van der Waals surface area (Å²) in [5.41, 5.74) is 6.73. The molecule has 1 rings (SSSR count). The van der Waals surface area contributed by atoms with Crippen LogP contribution in [0.5, 0.6) is 0 Å². The van der Waals surface area contributed by atoms with Crippen LogP contribution in [0.25, 0.3) is 0 Å². The summed E-state index contributed by atoms with van der Waals surface area (Å²) in [7, 11) is 0. The van der Waals surface area contributed by atoms with Crippen LogP contribution in [0.15, 0.2) is 30.3 Å². The SMILES string of the molecule is CSCCC(NC(=O)C(CCC(=O)O)NC(=O)C(CCC(=O)O)NC(=O)C(N)Cc1ccccc1)C(=O)O. The molecule has 0 saturated carbocycles. The van der Waals surface area contributed by atoms with Crippen molar-refractivity contribution in [1.82, 2.24) is 16.0 Å². The summed E-state index contributed by atoms with van der Waals surface area (Å²) in [4.78, 5) is 72.2. The first-order valence-electron chi connectivity index (χ1n) is 11.8. The highest BCUT2D eigenvalue weighted by Gasteiger charge is 2.31. The summed E-state index contributed by atoms with van der Waals surface area (Å²) in [6.07, 6.45) is 0.296. The highest BCUT2D eigenvalue weighted by molar-refractivity contribution is 7.98. The molecule has 8 N–H and O–H groups in total. The average Bonchev–Trinajstić information content (AvgIpc) is 2.86. The number of hydrogen-bond donors (Lipinski definition) is 7. The van der Waals surface area contributed by atoms with Crippen LogP contribution in [-0.2, 0) is 35.2 Å². The molecule has 0 saturated heterocycles. The van der Waals surface area contributed by atoms with Crippen molar-refractivity contribution < 1.29 is 44.1 Å². The zero-order chi connectivity index (χ0) is 28.7. The van der Waals surface area contributed by atoms with Gasteiger partial charge in [-0.2, -0.15) is 11.8 Å². The maximum Gasteiger partial charge on any atom is 0.326 e. The number of carbonyl (C=O) groups excluding carboxylic acids is 3. The lowest BCUT2D eigenvalue weighted by Crippen LogP contribution is -2.57. The average molecular weight is 555 g/mol. The van der Waals surface area contributed by atoms with Gasteiger partial charge in [0.1, 0.15) is 18.1 Å². The van der Waals surface area contributed by atoms with Crippen molar-refractivity contribution in [3.8, 4) is 0 Å². The van der Waals surface area contributed by atoms with Gasteiger partial charge in [-0.25, -0.2) is 4.79 Å². The van der Waals surface area contributed by atoms with Gasteiger partial charge in [-0.15, -0.1) is 0 Å². The van der Waals surface area contributed by atoms with Crippen molar-refractivity contribution in [3.63, 3.8) is 0 Å². The summed E-state index contributed by atoms with van der Waals surface area (Å²) < 4.78 is 0. The zero-order valence-electron chi connectivity index (χ0n) is 20.9. The predicted molar refractivity (Wildman–Crippen MR) is 138 cm³/mol. The number of carboxylic acid groups (broad SMARTS) is 3. The van der Waals surface area contributed by atoms with Crippen LogP contribution in [-0.4, -0.2) is 87.1 Å². The van der Waals surface area contributed by atoms with E-state index in [2.05, 4.69) is 16.0 Å². The molecule has 0 bridgehead atoms. The number of hydrogen-bond acceptors (Lipinski definition) is 8. The summed E-state index contributed by atoms with van der Waals surface area (Å²) in [6.45, 7) is 0. The van der Waals surface area contributed by atoms with Crippen LogP contribution in [0.3, 0.4) is 0 Å². The lowest BCUT2D eigenvalue weighted by Gasteiger charge is -2.25. The molecule has 13 nitrogen and oxygen atoms in total. The Morgan fingerprint density at radius 2 is 1.24 bits per heavy atom. The minimum absolute atomic E-state index is 0.0957. The molecule has 1 aromatic rings. The fourth-order valence-corrected chi connectivity index (χ4v) is 3.82. The van der Waals surface area contributed by atoms with E-state index in [0.717, 1.165) is 5.56 Å². The van der Waals surface area contributed by atoms with Gasteiger partial charge in [-0.05, 0) is 43.3 Å². The number of rotatable bonds is 18. The minimum Gasteiger partial charge on any atom is -0.481 e. The van der Waals surface area contributed by atoms with Gasteiger partial charge in [0.05, 0.1) is 6.04 Å². The first-order chi connectivity index (χ1) is 17.9. The largest absolute Gasteiger partial charge is 0.481 e. The van der Waals surface area contributed by atoms with Gasteiger partial charge in [0, 0.05) is 12.8 Å². The quantitative estimate of drug-likeness (QED) is 0.123. The highest BCUT2D eigenvalue weighted by atomic mass is 32.2. The van der Waals surface area contributed by atoms with Gasteiger partial charge in [0.2, 0.25) is 17.7 Å². The third kappa shape index (κ3) is 12.5. The van der Waals surface area contributed by atoms with Crippen molar-refractivity contribution in [2.75, 3.05) is 12.0 Å². The Hall–Kier alpha value is -3.65. The molecular formula is C24H34N4O9S. The van der Waals surface area contributed by atoms with Gasteiger partial charge >= 0.3 is 17.9 Å². The van der Waals surface area contributed by atoms with Crippen molar-refractivity contribution in [3.05, 3.63) is 35.9 Å². The second kappa shape index (κ2) is 17.0. The second-order valence-corrected chi connectivity index (χ2v) is 9.45. The lowest BCUT2D eigenvalue weighted by molar-refractivity contribution is -0.143. The van der Waals surface area contributed by atoms with Crippen LogP contribution < -0.4 is 21.7 Å². The Kier molecular flexibility index (Phi) is 14.5. The van der Waals surface area contributed by atoms with E-state index in [-0.39, 0.29) is 25.7 Å². The third-order valence-corrected chi connectivity index (χ3v) is 6.06. The molecule has 0 aliphatic rings. The Labute approximate surface area is 223 Å². The van der Waals surface area contributed by atoms with E-state index < -0.39 is 72.6 Å². The third-order valence-electron chi connectivity index (χ3n) is 5.42. The number of amides is 3. The predicted octanol–water partition coefficient (Wildman–Crippen LogP) is -0.422. The van der Waals surface area contributed by atoms with E-state index in [1.54, 1.807) is 36.6 Å². The topological polar surface area (TPSA) is 225 Å². The van der Waals surface area contributed by atoms with E-state index in [1.165, 1.54) is 11.8 Å². The number of benzene rings is 1. The molecule has 210 valence electrons. The van der Waals surface area contributed by atoms with Gasteiger partial charge in [-0.1, -0.05) is 30.3 Å². The van der Waals surface area contributed by atoms with Crippen LogP contribution in [0.4, 0.5) is 0 Å². The Balaban J connectivity index is 3.01. The lowest BCUT2D eigenvalue weighted by atomic mass is 10.0. The molecule has 0 spiro atoms. The van der Waals surface area contributed by atoms with Crippen molar-refractivity contribution in [2.24, 2.45) is 5.73 Å². The summed E-state index contributed by atoms with van der Waals surface area (Å²) in [5.74, 6) is -5.94. The standard InChI is InChI=1S/C24H34N4O9S/c1-38-12-11-18(24(36)37)28-23(35)17(8-10-20(31)32)27-22(34)16(7-9-19(29)30)26-21(33)15(25)13-14-5-3-2-4-6-14/h2-6,15-18H,7-13,25H2,1H3,(H,26,33)(H,27,34)(H,28,35)(H,29,30)(H,31,32)(H,36,37). The van der Waals surface area contributed by atoms with Crippen molar-refractivity contribution in [1.29, 1.82) is 0 Å². The maximum absolute atomic E-state index is 13.0. The number of thioether (sulfide) groups is 1. The summed E-state index contributed by atoms with van der Waals surface area (Å²) >= 11 is 1.37. The normalized spacial score (nSPS) is 13.8. The molecule has 0 fully saturated rings. The van der Waals surface area contributed by atoms with E-state index in [4.69, 9.17) is 15.9 Å². The molecule has 0 aromatic heterocycles. The van der Waals surface area contributed by atoms with Crippen LogP contribution in [0.1, 0.15) is 37.7 Å². The first-order valence-corrected chi connectivity index (χ1v) is 13.2. The smallest absolute Gasteiger partial charge is 0.326 e. The molecule has 0 aliphatic heterocycles. The van der Waals surface area contributed by atoms with Crippen LogP contribution in [0.2, 0.25) is 0 Å². The second-order valence-electron chi connectivity index (χ2n) is 8.46. The van der Waals surface area contributed by atoms with Crippen molar-refractivity contribution >= 4 is 47.4 Å². The molecule has 38 heavy (non-hydrogen) atoms. The molecular weight excluding hydrogens is 520 g/mol. The highest BCUT2D eigenvalue weighted by Crippen LogP contribution is 2.07. The molecule has 3 amide bonds. The van der Waals surface area contributed by atoms with Crippen LogP contribution >= 0.6 is 11.8 Å². The monoisotopic (exact) mass is 554 g/mol. The Bertz CT molecular complexity index is 977. The number of nitrogens with one attached hydrogen (secondary N) is 3. The summed E-state index contributed by atoms with van der Waals surface area (Å²) in [6, 6.07) is 3.68. The molecule has 0 radical (unpaired) electrons. The fraction of sp³-hybridized carbons (Fsp3) is 0.500. The van der Waals surface area contributed by atoms with Crippen molar-refractivity contribution in [2.45, 2.75) is 62.7 Å². The van der Waals surface area contributed by atoms with Gasteiger partial charge in [-0.3, -0.25) is 24.0 Å². The molecule has 0 aliphatic carbocycles. The van der Waals surface area contributed by atoms with Gasteiger partial charge in [0.25, 0.3) is 0 Å². The number of nitrogens with two attached hydrogens (primary N) is 1. The molecule has 0 heterocycles. The van der Waals surface area contributed by atoms with E-state index in [1.807, 2.05) is 0 Å². The number of aliphatic carboxylic acids is 3. The van der Waals surface area contributed by atoms with Gasteiger partial charge in [0.15, 0.2) is 0 Å². The van der Waals surface area contributed by atoms with E-state index in [0.29, 0.717) is 5.75 Å². The zero-order valence-corrected chi connectivity index (χ0v) is 21.7. The van der Waals surface area contributed by atoms with E-state index >= 15 is 0 Å². The Morgan fingerprint density at radius 1 is 0.763 bits per heavy atom. The van der Waals surface area contributed by atoms with E-state index in [9.17, 15) is 33.9 Å². The molecule has 14 heteroatoms. The Morgan fingerprint density at radius 3 is 1.68 bits per heavy atom. The summed E-state index contributed by atoms with van der Waals surface area (Å²) in [5, 5.41) is 34.5. The molecule has 4 unspecified atom stereocenters. The number of carboxylic acids is 3. The maximum atomic E-state index is 13.0. The molecule has 4 atom stereocenters. The van der Waals surface area contributed by atoms with Crippen LogP contribution in [0, 0.1) is 0 Å². The van der Waals surface area contributed by atoms with Gasteiger partial charge < -0.3 is 37.0 Å². The minimum atomic E-state index is -1.45. The fourth-order valence-electron chi connectivity index (χ4n) is 3.35. The first kappa shape index (κ1) is 32.4. The number of carbonyl (C=O) groups is 6. The molecule has 1 aromatic carbocycles.